The molecule has 1 atom stereocenters. The van der Waals surface area contributed by atoms with E-state index in [0.717, 1.165) is 6.42 Å². The van der Waals surface area contributed by atoms with Gasteiger partial charge in [0.05, 0.1) is 6.07 Å². The van der Waals surface area contributed by atoms with Crippen LogP contribution in [0.25, 0.3) is 0 Å². The minimum atomic E-state index is 0.513. The van der Waals surface area contributed by atoms with E-state index in [2.05, 4.69) is 12.6 Å². The van der Waals surface area contributed by atoms with Crippen molar-refractivity contribution in [3.63, 3.8) is 0 Å². The van der Waals surface area contributed by atoms with Crippen molar-refractivity contribution in [2.24, 2.45) is 5.92 Å². The van der Waals surface area contributed by atoms with E-state index in [1.165, 1.54) is 24.8 Å². The Balaban J connectivity index is 2.42. The van der Waals surface area contributed by atoms with Crippen molar-refractivity contribution in [1.82, 2.24) is 0 Å². The normalized spacial score (nSPS) is 25.9. The second-order valence-electron chi connectivity index (χ2n) is 2.96. The first kappa shape index (κ1) is 7.34. The standard InChI is InChI=1S/C9H13N/c1-8-4-2-3-5-9(8)6-7-10/h9H,1-6H2. The smallest absolute Gasteiger partial charge is 0.0628 e. The zero-order valence-corrected chi connectivity index (χ0v) is 6.27. The predicted molar refractivity (Wildman–Crippen MR) is 41.3 cm³/mol. The molecule has 1 fully saturated rings. The molecule has 54 valence electrons. The first-order valence-corrected chi connectivity index (χ1v) is 3.89. The van der Waals surface area contributed by atoms with Gasteiger partial charge in [0.2, 0.25) is 0 Å². The Labute approximate surface area is 62.4 Å². The lowest BCUT2D eigenvalue weighted by Gasteiger charge is -2.21. The van der Waals surface area contributed by atoms with Crippen molar-refractivity contribution in [2.45, 2.75) is 32.1 Å². The van der Waals surface area contributed by atoms with Gasteiger partial charge in [-0.05, 0) is 25.2 Å². The lowest BCUT2D eigenvalue weighted by molar-refractivity contribution is 0.461. The molecule has 1 aliphatic carbocycles. The van der Waals surface area contributed by atoms with Crippen LogP contribution in [0.1, 0.15) is 32.1 Å². The summed E-state index contributed by atoms with van der Waals surface area (Å²) in [5.41, 5.74) is 1.30. The third-order valence-electron chi connectivity index (χ3n) is 2.22. The molecule has 1 rings (SSSR count). The first-order chi connectivity index (χ1) is 4.84. The Hall–Kier alpha value is -0.770. The van der Waals surface area contributed by atoms with Crippen molar-refractivity contribution >= 4 is 0 Å². The summed E-state index contributed by atoms with van der Waals surface area (Å²) in [6.45, 7) is 3.96. The summed E-state index contributed by atoms with van der Waals surface area (Å²) in [6.07, 6.45) is 5.57. The van der Waals surface area contributed by atoms with E-state index in [4.69, 9.17) is 5.26 Å². The number of nitrogens with zero attached hydrogens (tertiary/aromatic N) is 1. The number of hydrogen-bond acceptors (Lipinski definition) is 1. The summed E-state index contributed by atoms with van der Waals surface area (Å²) >= 11 is 0. The van der Waals surface area contributed by atoms with E-state index < -0.39 is 0 Å². The van der Waals surface area contributed by atoms with Crippen LogP contribution in [-0.2, 0) is 0 Å². The van der Waals surface area contributed by atoms with Crippen molar-refractivity contribution in [1.29, 1.82) is 5.26 Å². The molecule has 1 nitrogen and oxygen atoms in total. The topological polar surface area (TPSA) is 23.8 Å². The van der Waals surface area contributed by atoms with E-state index in [1.54, 1.807) is 0 Å². The number of nitriles is 1. The average Bonchev–Trinajstić information content (AvgIpc) is 1.94. The fourth-order valence-corrected chi connectivity index (χ4v) is 1.51. The molecule has 0 bridgehead atoms. The fraction of sp³-hybridized carbons (Fsp3) is 0.667. The molecule has 0 aromatic heterocycles. The molecule has 1 unspecified atom stereocenters. The molecule has 0 amide bonds. The molecule has 0 N–H and O–H groups in total. The Kier molecular flexibility index (Phi) is 2.50. The molecule has 0 aliphatic heterocycles. The van der Waals surface area contributed by atoms with Crippen LogP contribution < -0.4 is 0 Å². The maximum absolute atomic E-state index is 8.45. The highest BCUT2D eigenvalue weighted by Crippen LogP contribution is 2.29. The highest BCUT2D eigenvalue weighted by Gasteiger charge is 2.15. The number of rotatable bonds is 1. The molecule has 0 saturated heterocycles. The van der Waals surface area contributed by atoms with Gasteiger partial charge in [0, 0.05) is 6.42 Å². The highest BCUT2D eigenvalue weighted by atomic mass is 14.3. The van der Waals surface area contributed by atoms with Gasteiger partial charge in [0.15, 0.2) is 0 Å². The van der Waals surface area contributed by atoms with Crippen LogP contribution in [0.4, 0.5) is 0 Å². The molecule has 0 radical (unpaired) electrons. The van der Waals surface area contributed by atoms with Crippen molar-refractivity contribution in [2.75, 3.05) is 0 Å². The van der Waals surface area contributed by atoms with Crippen molar-refractivity contribution in [3.05, 3.63) is 12.2 Å². The lowest BCUT2D eigenvalue weighted by Crippen LogP contribution is -2.07. The van der Waals surface area contributed by atoms with Gasteiger partial charge in [-0.1, -0.05) is 18.6 Å². The zero-order chi connectivity index (χ0) is 7.40. The molecular formula is C9H13N. The van der Waals surface area contributed by atoms with Crippen LogP contribution in [0.2, 0.25) is 0 Å². The molecule has 0 aromatic carbocycles. The Morgan fingerprint density at radius 1 is 1.60 bits per heavy atom. The molecule has 0 spiro atoms. The van der Waals surface area contributed by atoms with Gasteiger partial charge in [-0.25, -0.2) is 0 Å². The van der Waals surface area contributed by atoms with E-state index >= 15 is 0 Å². The van der Waals surface area contributed by atoms with Crippen molar-refractivity contribution < 1.29 is 0 Å². The Morgan fingerprint density at radius 3 is 3.00 bits per heavy atom. The molecule has 1 aliphatic rings. The Bertz CT molecular complexity index is 164. The van der Waals surface area contributed by atoms with E-state index in [-0.39, 0.29) is 0 Å². The number of hydrogen-bond donors (Lipinski definition) is 0. The van der Waals surface area contributed by atoms with Gasteiger partial charge in [-0.15, -0.1) is 0 Å². The molecule has 1 saturated carbocycles. The minimum Gasteiger partial charge on any atom is -0.198 e. The van der Waals surface area contributed by atoms with E-state index in [1.807, 2.05) is 0 Å². The van der Waals surface area contributed by atoms with Gasteiger partial charge in [0.1, 0.15) is 0 Å². The third-order valence-corrected chi connectivity index (χ3v) is 2.22. The number of allylic oxidation sites excluding steroid dienone is 1. The largest absolute Gasteiger partial charge is 0.198 e. The molecular weight excluding hydrogens is 122 g/mol. The summed E-state index contributed by atoms with van der Waals surface area (Å²) in [7, 11) is 0. The second-order valence-corrected chi connectivity index (χ2v) is 2.96. The SMILES string of the molecule is C=C1CCCCC1CC#N. The summed E-state index contributed by atoms with van der Waals surface area (Å²) in [4.78, 5) is 0. The van der Waals surface area contributed by atoms with Gasteiger partial charge < -0.3 is 0 Å². The van der Waals surface area contributed by atoms with Crippen LogP contribution in [0.15, 0.2) is 12.2 Å². The molecule has 0 aromatic rings. The van der Waals surface area contributed by atoms with Crippen LogP contribution in [0.3, 0.4) is 0 Å². The van der Waals surface area contributed by atoms with Gasteiger partial charge in [0.25, 0.3) is 0 Å². The van der Waals surface area contributed by atoms with Crippen molar-refractivity contribution in [3.8, 4) is 6.07 Å². The van der Waals surface area contributed by atoms with E-state index in [0.29, 0.717) is 12.3 Å². The third kappa shape index (κ3) is 1.60. The quantitative estimate of drug-likeness (QED) is 0.507. The van der Waals surface area contributed by atoms with Gasteiger partial charge in [-0.2, -0.15) is 5.26 Å². The average molecular weight is 135 g/mol. The molecule has 0 heterocycles. The Morgan fingerprint density at radius 2 is 2.40 bits per heavy atom. The van der Waals surface area contributed by atoms with Crippen LogP contribution in [0, 0.1) is 17.2 Å². The monoisotopic (exact) mass is 135 g/mol. The summed E-state index contributed by atoms with van der Waals surface area (Å²) < 4.78 is 0. The fourth-order valence-electron chi connectivity index (χ4n) is 1.51. The zero-order valence-electron chi connectivity index (χ0n) is 6.27. The summed E-state index contributed by atoms with van der Waals surface area (Å²) in [5, 5.41) is 8.45. The summed E-state index contributed by atoms with van der Waals surface area (Å²) in [5.74, 6) is 0.513. The second kappa shape index (κ2) is 3.41. The highest BCUT2D eigenvalue weighted by molar-refractivity contribution is 5.05. The maximum Gasteiger partial charge on any atom is 0.0628 e. The van der Waals surface area contributed by atoms with Crippen LogP contribution in [0.5, 0.6) is 0 Å². The summed E-state index contributed by atoms with van der Waals surface area (Å²) in [6, 6.07) is 2.21. The van der Waals surface area contributed by atoms with Gasteiger partial charge in [-0.3, -0.25) is 0 Å². The van der Waals surface area contributed by atoms with E-state index in [9.17, 15) is 0 Å². The molecule has 10 heavy (non-hydrogen) atoms. The molecule has 1 heteroatoms. The maximum atomic E-state index is 8.45. The van der Waals surface area contributed by atoms with Crippen LogP contribution in [-0.4, -0.2) is 0 Å². The lowest BCUT2D eigenvalue weighted by atomic mass is 9.84. The first-order valence-electron chi connectivity index (χ1n) is 3.89. The van der Waals surface area contributed by atoms with Gasteiger partial charge >= 0.3 is 0 Å². The van der Waals surface area contributed by atoms with Crippen LogP contribution >= 0.6 is 0 Å². The minimum absolute atomic E-state index is 0.513. The predicted octanol–water partition coefficient (Wildman–Crippen LogP) is 2.65.